The molecule has 0 aromatic heterocycles. The number of carbonyl (C=O) groups is 1. The molecule has 20 heavy (non-hydrogen) atoms. The third kappa shape index (κ3) is 2.39. The van der Waals surface area contributed by atoms with Crippen LogP contribution in [0.15, 0.2) is 42.5 Å². The molecule has 2 aromatic carbocycles. The predicted molar refractivity (Wildman–Crippen MR) is 82.0 cm³/mol. The fourth-order valence-electron chi connectivity index (χ4n) is 2.64. The van der Waals surface area contributed by atoms with Crippen molar-refractivity contribution in [1.29, 1.82) is 0 Å². The van der Waals surface area contributed by atoms with E-state index in [1.807, 2.05) is 13.0 Å². The van der Waals surface area contributed by atoms with E-state index in [2.05, 4.69) is 47.0 Å². The minimum Gasteiger partial charge on any atom is -0.338 e. The van der Waals surface area contributed by atoms with Gasteiger partial charge < -0.3 is 10.6 Å². The lowest BCUT2D eigenvalue weighted by Crippen LogP contribution is -2.29. The molecule has 0 saturated heterocycles. The van der Waals surface area contributed by atoms with Gasteiger partial charge in [0.05, 0.1) is 0 Å². The number of benzene rings is 2. The highest BCUT2D eigenvalue weighted by molar-refractivity contribution is 5.90. The van der Waals surface area contributed by atoms with Crippen molar-refractivity contribution < 1.29 is 4.79 Å². The van der Waals surface area contributed by atoms with E-state index in [0.29, 0.717) is 6.54 Å². The van der Waals surface area contributed by atoms with Gasteiger partial charge in [-0.05, 0) is 47.2 Å². The quantitative estimate of drug-likeness (QED) is 0.744. The second-order valence-corrected chi connectivity index (χ2v) is 5.09. The summed E-state index contributed by atoms with van der Waals surface area (Å²) >= 11 is 0. The van der Waals surface area contributed by atoms with Gasteiger partial charge in [-0.25, -0.2) is 4.79 Å². The maximum Gasteiger partial charge on any atom is 0.319 e. The van der Waals surface area contributed by atoms with Crippen molar-refractivity contribution in [3.8, 4) is 11.1 Å². The van der Waals surface area contributed by atoms with E-state index in [0.717, 1.165) is 18.5 Å². The highest BCUT2D eigenvalue weighted by Crippen LogP contribution is 2.37. The van der Waals surface area contributed by atoms with Crippen LogP contribution in [-0.4, -0.2) is 12.6 Å². The molecule has 0 spiro atoms. The van der Waals surface area contributed by atoms with Crippen LogP contribution < -0.4 is 10.6 Å². The lowest BCUT2D eigenvalue weighted by molar-refractivity contribution is 0.252. The minimum atomic E-state index is -0.137. The number of hydrogen-bond acceptors (Lipinski definition) is 1. The van der Waals surface area contributed by atoms with Gasteiger partial charge in [0.15, 0.2) is 0 Å². The first-order valence-electron chi connectivity index (χ1n) is 7.04. The topological polar surface area (TPSA) is 41.1 Å². The highest BCUT2D eigenvalue weighted by Gasteiger charge is 2.18. The summed E-state index contributed by atoms with van der Waals surface area (Å²) in [4.78, 5) is 11.7. The lowest BCUT2D eigenvalue weighted by Gasteiger charge is -2.08. The summed E-state index contributed by atoms with van der Waals surface area (Å²) in [6.45, 7) is 2.73. The molecular formula is C17H18N2O. The number of hydrogen-bond donors (Lipinski definition) is 2. The third-order valence-electron chi connectivity index (χ3n) is 3.59. The molecule has 0 fully saturated rings. The lowest BCUT2D eigenvalue weighted by atomic mass is 10.1. The van der Waals surface area contributed by atoms with Crippen molar-refractivity contribution in [3.05, 3.63) is 53.6 Å². The molecule has 0 unspecified atom stereocenters. The Morgan fingerprint density at radius 3 is 2.75 bits per heavy atom. The van der Waals surface area contributed by atoms with Crippen molar-refractivity contribution in [1.82, 2.24) is 5.32 Å². The van der Waals surface area contributed by atoms with Gasteiger partial charge in [-0.1, -0.05) is 37.3 Å². The molecule has 3 rings (SSSR count). The zero-order chi connectivity index (χ0) is 13.9. The van der Waals surface area contributed by atoms with Crippen molar-refractivity contribution in [3.63, 3.8) is 0 Å². The maximum atomic E-state index is 11.7. The minimum absolute atomic E-state index is 0.137. The molecule has 2 aromatic rings. The van der Waals surface area contributed by atoms with Crippen molar-refractivity contribution >= 4 is 11.7 Å². The molecule has 1 aliphatic rings. The Bertz CT molecular complexity index is 649. The highest BCUT2D eigenvalue weighted by atomic mass is 16.2. The van der Waals surface area contributed by atoms with Crippen LogP contribution >= 0.6 is 0 Å². The molecule has 1 aliphatic carbocycles. The van der Waals surface area contributed by atoms with Gasteiger partial charge in [-0.15, -0.1) is 0 Å². The van der Waals surface area contributed by atoms with Crippen molar-refractivity contribution in [2.45, 2.75) is 19.8 Å². The average molecular weight is 266 g/mol. The summed E-state index contributed by atoms with van der Waals surface area (Å²) in [6.07, 6.45) is 1.88. The summed E-state index contributed by atoms with van der Waals surface area (Å²) in [5.41, 5.74) is 6.07. The van der Waals surface area contributed by atoms with E-state index in [-0.39, 0.29) is 6.03 Å². The molecule has 2 amide bonds. The van der Waals surface area contributed by atoms with Gasteiger partial charge in [0, 0.05) is 12.2 Å². The Labute approximate surface area is 119 Å². The predicted octanol–water partition coefficient (Wildman–Crippen LogP) is 3.79. The summed E-state index contributed by atoms with van der Waals surface area (Å²) in [7, 11) is 0. The van der Waals surface area contributed by atoms with Crippen LogP contribution in [0.3, 0.4) is 0 Å². The third-order valence-corrected chi connectivity index (χ3v) is 3.59. The van der Waals surface area contributed by atoms with E-state index in [9.17, 15) is 4.79 Å². The fourth-order valence-corrected chi connectivity index (χ4v) is 2.64. The summed E-state index contributed by atoms with van der Waals surface area (Å²) in [5.74, 6) is 0. The Morgan fingerprint density at radius 1 is 1.10 bits per heavy atom. The van der Waals surface area contributed by atoms with Crippen LogP contribution in [0.1, 0.15) is 24.5 Å². The smallest absolute Gasteiger partial charge is 0.319 e. The Morgan fingerprint density at radius 2 is 1.90 bits per heavy atom. The van der Waals surface area contributed by atoms with E-state index in [1.54, 1.807) is 0 Å². The van der Waals surface area contributed by atoms with Gasteiger partial charge in [0.1, 0.15) is 0 Å². The summed E-state index contributed by atoms with van der Waals surface area (Å²) < 4.78 is 0. The number of fused-ring (bicyclic) bond motifs is 3. The summed E-state index contributed by atoms with van der Waals surface area (Å²) in [5, 5.41) is 5.70. The van der Waals surface area contributed by atoms with Gasteiger partial charge in [0.25, 0.3) is 0 Å². The molecule has 0 radical (unpaired) electrons. The fraction of sp³-hybridized carbons (Fsp3) is 0.235. The Hall–Kier alpha value is -2.29. The number of rotatable bonds is 3. The molecule has 2 N–H and O–H groups in total. The van der Waals surface area contributed by atoms with Crippen LogP contribution in [0.2, 0.25) is 0 Å². The first-order chi connectivity index (χ1) is 9.78. The van der Waals surface area contributed by atoms with Crippen LogP contribution in [0, 0.1) is 0 Å². The monoisotopic (exact) mass is 266 g/mol. The van der Waals surface area contributed by atoms with Crippen LogP contribution in [0.25, 0.3) is 11.1 Å². The van der Waals surface area contributed by atoms with E-state index in [4.69, 9.17) is 0 Å². The number of carbonyl (C=O) groups excluding carboxylic acids is 1. The van der Waals surface area contributed by atoms with Gasteiger partial charge >= 0.3 is 6.03 Å². The number of nitrogens with one attached hydrogen (secondary N) is 2. The Balaban J connectivity index is 1.79. The molecule has 0 atom stereocenters. The normalized spacial score (nSPS) is 11.7. The number of anilines is 1. The second kappa shape index (κ2) is 5.37. The van der Waals surface area contributed by atoms with Crippen LogP contribution in [-0.2, 0) is 6.42 Å². The maximum absolute atomic E-state index is 11.7. The molecule has 0 saturated carbocycles. The first-order valence-corrected chi connectivity index (χ1v) is 7.04. The molecular weight excluding hydrogens is 248 g/mol. The molecule has 102 valence electrons. The Kier molecular flexibility index (Phi) is 3.42. The van der Waals surface area contributed by atoms with E-state index >= 15 is 0 Å². The molecule has 0 heterocycles. The largest absolute Gasteiger partial charge is 0.338 e. The zero-order valence-electron chi connectivity index (χ0n) is 11.6. The van der Waals surface area contributed by atoms with Gasteiger partial charge in [0.2, 0.25) is 0 Å². The van der Waals surface area contributed by atoms with E-state index in [1.165, 1.54) is 22.3 Å². The standard InChI is InChI=1S/C17H18N2O/c1-2-9-18-17(20)19-14-7-8-16-13(11-14)10-12-5-3-4-6-15(12)16/h3-8,11H,2,9-10H2,1H3,(H2,18,19,20). The summed E-state index contributed by atoms with van der Waals surface area (Å²) in [6, 6.07) is 14.4. The van der Waals surface area contributed by atoms with Crippen LogP contribution in [0.5, 0.6) is 0 Å². The first kappa shape index (κ1) is 12.7. The van der Waals surface area contributed by atoms with Crippen molar-refractivity contribution in [2.75, 3.05) is 11.9 Å². The average Bonchev–Trinajstić information content (AvgIpc) is 2.82. The number of amides is 2. The van der Waals surface area contributed by atoms with Crippen LogP contribution in [0.4, 0.5) is 10.5 Å². The second-order valence-electron chi connectivity index (χ2n) is 5.09. The molecule has 3 nitrogen and oxygen atoms in total. The van der Waals surface area contributed by atoms with Gasteiger partial charge in [-0.2, -0.15) is 0 Å². The zero-order valence-corrected chi connectivity index (χ0v) is 11.6. The molecule has 3 heteroatoms. The van der Waals surface area contributed by atoms with Crippen molar-refractivity contribution in [2.24, 2.45) is 0 Å². The molecule has 0 bridgehead atoms. The van der Waals surface area contributed by atoms with E-state index < -0.39 is 0 Å². The van der Waals surface area contributed by atoms with Gasteiger partial charge in [-0.3, -0.25) is 0 Å². The SMILES string of the molecule is CCCNC(=O)Nc1ccc2c(c1)Cc1ccccc1-2. The molecule has 0 aliphatic heterocycles. The number of urea groups is 1.